The first kappa shape index (κ1) is 18.4. The molecule has 2 aromatic rings. The molecule has 124 valence electrons. The second-order valence-corrected chi connectivity index (χ2v) is 7.35. The van der Waals surface area contributed by atoms with Gasteiger partial charge in [0.05, 0.1) is 23.8 Å². The van der Waals surface area contributed by atoms with Crippen molar-refractivity contribution >= 4 is 50.7 Å². The fourth-order valence-corrected chi connectivity index (χ4v) is 3.44. The normalized spacial score (nSPS) is 16.0. The first-order chi connectivity index (χ1) is 10.5. The SMILES string of the molecule is CC(N)(C(=O)Nc1nc2c(s1)COCC2)c1ccc(Br)cc1.Cl. The van der Waals surface area contributed by atoms with Gasteiger partial charge in [0.15, 0.2) is 5.13 Å². The highest BCUT2D eigenvalue weighted by Crippen LogP contribution is 2.28. The van der Waals surface area contributed by atoms with Crippen molar-refractivity contribution < 1.29 is 9.53 Å². The number of halogens is 2. The number of nitrogens with two attached hydrogens (primary N) is 1. The van der Waals surface area contributed by atoms with Crippen LogP contribution in [0.3, 0.4) is 0 Å². The van der Waals surface area contributed by atoms with E-state index in [-0.39, 0.29) is 18.3 Å². The van der Waals surface area contributed by atoms with E-state index in [0.717, 1.165) is 27.0 Å². The summed E-state index contributed by atoms with van der Waals surface area (Å²) in [5, 5.41) is 3.41. The molecule has 3 N–H and O–H groups in total. The van der Waals surface area contributed by atoms with Crippen LogP contribution in [0.2, 0.25) is 0 Å². The number of hydrogen-bond acceptors (Lipinski definition) is 5. The highest BCUT2D eigenvalue weighted by Gasteiger charge is 2.31. The lowest BCUT2D eigenvalue weighted by atomic mass is 9.92. The highest BCUT2D eigenvalue weighted by atomic mass is 79.9. The molecule has 1 aromatic carbocycles. The van der Waals surface area contributed by atoms with E-state index in [2.05, 4.69) is 26.2 Å². The largest absolute Gasteiger partial charge is 0.375 e. The molecule has 0 fully saturated rings. The van der Waals surface area contributed by atoms with Crippen molar-refractivity contribution in [1.82, 2.24) is 4.98 Å². The van der Waals surface area contributed by atoms with Crippen molar-refractivity contribution in [3.8, 4) is 0 Å². The van der Waals surface area contributed by atoms with Crippen LogP contribution in [-0.2, 0) is 28.1 Å². The van der Waals surface area contributed by atoms with Crippen LogP contribution in [0, 0.1) is 0 Å². The molecule has 1 atom stereocenters. The second-order valence-electron chi connectivity index (χ2n) is 5.35. The van der Waals surface area contributed by atoms with E-state index in [1.54, 1.807) is 6.92 Å². The number of nitrogens with zero attached hydrogens (tertiary/aromatic N) is 1. The highest BCUT2D eigenvalue weighted by molar-refractivity contribution is 9.10. The van der Waals surface area contributed by atoms with Gasteiger partial charge in [0.1, 0.15) is 5.54 Å². The zero-order chi connectivity index (χ0) is 15.7. The predicted molar refractivity (Wildman–Crippen MR) is 97.0 cm³/mol. The van der Waals surface area contributed by atoms with Gasteiger partial charge < -0.3 is 15.8 Å². The third kappa shape index (κ3) is 3.92. The van der Waals surface area contributed by atoms with E-state index in [0.29, 0.717) is 18.3 Å². The van der Waals surface area contributed by atoms with Gasteiger partial charge in [-0.15, -0.1) is 12.4 Å². The molecule has 1 unspecified atom stereocenters. The number of thiazole rings is 1. The van der Waals surface area contributed by atoms with Crippen LogP contribution in [0.15, 0.2) is 28.7 Å². The molecule has 5 nitrogen and oxygen atoms in total. The zero-order valence-electron chi connectivity index (χ0n) is 12.5. The van der Waals surface area contributed by atoms with Gasteiger partial charge in [-0.2, -0.15) is 0 Å². The van der Waals surface area contributed by atoms with Crippen LogP contribution in [0.5, 0.6) is 0 Å². The third-order valence-corrected chi connectivity index (χ3v) is 5.15. The molecule has 1 aliphatic rings. The third-order valence-electron chi connectivity index (χ3n) is 3.63. The minimum Gasteiger partial charge on any atom is -0.375 e. The number of rotatable bonds is 3. The predicted octanol–water partition coefficient (Wildman–Crippen LogP) is 3.21. The molecule has 0 aliphatic carbocycles. The van der Waals surface area contributed by atoms with E-state index in [4.69, 9.17) is 10.5 Å². The minimum absolute atomic E-state index is 0. The number of fused-ring (bicyclic) bond motifs is 1. The van der Waals surface area contributed by atoms with Crippen molar-refractivity contribution in [3.63, 3.8) is 0 Å². The summed E-state index contributed by atoms with van der Waals surface area (Å²) in [6.07, 6.45) is 0.786. The Morgan fingerprint density at radius 3 is 2.78 bits per heavy atom. The minimum atomic E-state index is -1.12. The van der Waals surface area contributed by atoms with Gasteiger partial charge >= 0.3 is 0 Å². The summed E-state index contributed by atoms with van der Waals surface area (Å²) in [6.45, 7) is 2.94. The Hall–Kier alpha value is -0.990. The number of ether oxygens (including phenoxy) is 1. The van der Waals surface area contributed by atoms with Gasteiger partial charge in [-0.1, -0.05) is 39.4 Å². The lowest BCUT2D eigenvalue weighted by molar-refractivity contribution is -0.120. The molecule has 1 amide bonds. The molecular formula is C15H17BrClN3O2S. The molecule has 0 radical (unpaired) electrons. The number of aromatic nitrogens is 1. The number of carbonyl (C=O) groups excluding carboxylic acids is 1. The summed E-state index contributed by atoms with van der Waals surface area (Å²) in [6, 6.07) is 7.41. The summed E-state index contributed by atoms with van der Waals surface area (Å²) < 4.78 is 6.34. The molecule has 0 spiro atoms. The van der Waals surface area contributed by atoms with Crippen LogP contribution in [0.1, 0.15) is 23.1 Å². The lowest BCUT2D eigenvalue weighted by Gasteiger charge is -2.23. The molecule has 1 aliphatic heterocycles. The smallest absolute Gasteiger partial charge is 0.250 e. The van der Waals surface area contributed by atoms with Gasteiger partial charge in [-0.25, -0.2) is 4.98 Å². The number of hydrogen-bond donors (Lipinski definition) is 2. The molecule has 8 heteroatoms. The molecule has 0 saturated heterocycles. The summed E-state index contributed by atoms with van der Waals surface area (Å²) in [5.74, 6) is -0.276. The van der Waals surface area contributed by atoms with Gasteiger partial charge in [0, 0.05) is 10.9 Å². The number of benzene rings is 1. The maximum atomic E-state index is 12.5. The summed E-state index contributed by atoms with van der Waals surface area (Å²) >= 11 is 4.82. The Balaban J connectivity index is 0.00000192. The second kappa shape index (κ2) is 7.27. The van der Waals surface area contributed by atoms with Crippen LogP contribution in [0.25, 0.3) is 0 Å². The monoisotopic (exact) mass is 417 g/mol. The fraction of sp³-hybridized carbons (Fsp3) is 0.333. The van der Waals surface area contributed by atoms with E-state index in [9.17, 15) is 4.79 Å². The number of anilines is 1. The molecular weight excluding hydrogens is 402 g/mol. The van der Waals surface area contributed by atoms with Crippen molar-refractivity contribution in [2.45, 2.75) is 25.5 Å². The molecule has 3 rings (SSSR count). The molecule has 23 heavy (non-hydrogen) atoms. The Morgan fingerprint density at radius 1 is 1.43 bits per heavy atom. The summed E-state index contributed by atoms with van der Waals surface area (Å²) in [4.78, 5) is 18.0. The maximum absolute atomic E-state index is 12.5. The quantitative estimate of drug-likeness (QED) is 0.802. The van der Waals surface area contributed by atoms with Crippen molar-refractivity contribution in [3.05, 3.63) is 44.9 Å². The van der Waals surface area contributed by atoms with Gasteiger partial charge in [-0.3, -0.25) is 4.79 Å². The summed E-state index contributed by atoms with van der Waals surface area (Å²) in [7, 11) is 0. The molecule has 0 saturated carbocycles. The van der Waals surface area contributed by atoms with Crippen molar-refractivity contribution in [2.75, 3.05) is 11.9 Å². The Kier molecular flexibility index (Phi) is 5.80. The van der Waals surface area contributed by atoms with Crippen LogP contribution in [0.4, 0.5) is 5.13 Å². The zero-order valence-corrected chi connectivity index (χ0v) is 15.7. The average molecular weight is 419 g/mol. The van der Waals surface area contributed by atoms with Crippen LogP contribution >= 0.6 is 39.7 Å². The number of amides is 1. The first-order valence-electron chi connectivity index (χ1n) is 6.89. The molecule has 2 heterocycles. The maximum Gasteiger partial charge on any atom is 0.250 e. The van der Waals surface area contributed by atoms with E-state index < -0.39 is 5.54 Å². The summed E-state index contributed by atoms with van der Waals surface area (Å²) in [5.41, 5.74) is 6.86. The number of nitrogens with one attached hydrogen (secondary N) is 1. The van der Waals surface area contributed by atoms with Gasteiger partial charge in [-0.05, 0) is 24.6 Å². The topological polar surface area (TPSA) is 77.2 Å². The first-order valence-corrected chi connectivity index (χ1v) is 8.50. The van der Waals surface area contributed by atoms with Crippen LogP contribution < -0.4 is 11.1 Å². The van der Waals surface area contributed by atoms with Gasteiger partial charge in [0.2, 0.25) is 0 Å². The van der Waals surface area contributed by atoms with Crippen LogP contribution in [-0.4, -0.2) is 17.5 Å². The van der Waals surface area contributed by atoms with E-state index in [1.807, 2.05) is 24.3 Å². The lowest BCUT2D eigenvalue weighted by Crippen LogP contribution is -2.45. The van der Waals surface area contributed by atoms with Crippen molar-refractivity contribution in [2.24, 2.45) is 5.73 Å². The Morgan fingerprint density at radius 2 is 2.13 bits per heavy atom. The average Bonchev–Trinajstić information content (AvgIpc) is 2.89. The Bertz CT molecular complexity index is 680. The number of carbonyl (C=O) groups is 1. The fourth-order valence-electron chi connectivity index (χ4n) is 2.23. The molecule has 1 aromatic heterocycles. The standard InChI is InChI=1S/C15H16BrN3O2S.ClH/c1-15(17,9-2-4-10(16)5-3-9)13(20)19-14-18-11-6-7-21-8-12(11)22-14;/h2-5H,6-8,17H2,1H3,(H,18,19,20);1H. The molecule has 0 bridgehead atoms. The van der Waals surface area contributed by atoms with Gasteiger partial charge in [0.25, 0.3) is 5.91 Å². The van der Waals surface area contributed by atoms with E-state index in [1.165, 1.54) is 11.3 Å². The Labute approximate surface area is 153 Å². The van der Waals surface area contributed by atoms with Crippen molar-refractivity contribution in [1.29, 1.82) is 0 Å². The van der Waals surface area contributed by atoms with E-state index >= 15 is 0 Å².